The Morgan fingerprint density at radius 1 is 1.45 bits per heavy atom. The summed E-state index contributed by atoms with van der Waals surface area (Å²) in [6.07, 6.45) is 0.646. The van der Waals surface area contributed by atoms with Crippen LogP contribution in [-0.4, -0.2) is 25.6 Å². The van der Waals surface area contributed by atoms with Gasteiger partial charge in [-0.05, 0) is 30.5 Å². The molecule has 1 rings (SSSR count). The van der Waals surface area contributed by atoms with E-state index in [-0.39, 0.29) is 17.0 Å². The van der Waals surface area contributed by atoms with Gasteiger partial charge in [0.1, 0.15) is 11.6 Å². The van der Waals surface area contributed by atoms with Crippen LogP contribution in [0.4, 0.5) is 4.39 Å². The van der Waals surface area contributed by atoms with Crippen molar-refractivity contribution >= 4 is 5.91 Å². The molecular weight excluding hydrogens is 259 g/mol. The predicted octanol–water partition coefficient (Wildman–Crippen LogP) is 2.33. The predicted molar refractivity (Wildman–Crippen MR) is 77.3 cm³/mol. The monoisotopic (exact) mass is 282 g/mol. The third-order valence-electron chi connectivity index (χ3n) is 3.23. The number of carbonyl (C=O) groups is 1. The average molecular weight is 282 g/mol. The van der Waals surface area contributed by atoms with Gasteiger partial charge in [-0.2, -0.15) is 0 Å². The smallest absolute Gasteiger partial charge is 0.254 e. The number of hydrogen-bond donors (Lipinski definition) is 2. The molecule has 0 radical (unpaired) electrons. The minimum atomic E-state index is -0.595. The number of hydrogen-bond acceptors (Lipinski definition) is 3. The normalized spacial score (nSPS) is 12.9. The van der Waals surface area contributed by atoms with E-state index in [9.17, 15) is 9.18 Å². The second-order valence-corrected chi connectivity index (χ2v) is 5.82. The molecule has 0 spiro atoms. The molecule has 1 aromatic rings. The van der Waals surface area contributed by atoms with E-state index in [0.717, 1.165) is 0 Å². The lowest BCUT2D eigenvalue weighted by atomic mass is 9.84. The van der Waals surface area contributed by atoms with E-state index >= 15 is 0 Å². The van der Waals surface area contributed by atoms with Gasteiger partial charge in [0.25, 0.3) is 5.91 Å². The number of benzene rings is 1. The molecule has 0 heterocycles. The number of carbonyl (C=O) groups excluding carboxylic acids is 1. The lowest BCUT2D eigenvalue weighted by Gasteiger charge is -2.31. The molecule has 20 heavy (non-hydrogen) atoms. The number of nitrogens with one attached hydrogen (secondary N) is 1. The van der Waals surface area contributed by atoms with E-state index in [2.05, 4.69) is 5.32 Å². The summed E-state index contributed by atoms with van der Waals surface area (Å²) in [5.74, 6) is -0.644. The van der Waals surface area contributed by atoms with Crippen molar-refractivity contribution in [3.8, 4) is 5.75 Å². The van der Waals surface area contributed by atoms with Crippen LogP contribution in [0.2, 0.25) is 0 Å². The zero-order valence-electron chi connectivity index (χ0n) is 12.5. The summed E-state index contributed by atoms with van der Waals surface area (Å²) >= 11 is 0. The van der Waals surface area contributed by atoms with Crippen LogP contribution in [0.15, 0.2) is 18.2 Å². The van der Waals surface area contributed by atoms with Crippen LogP contribution in [0.5, 0.6) is 5.75 Å². The molecule has 1 unspecified atom stereocenters. The molecule has 5 heteroatoms. The van der Waals surface area contributed by atoms with Crippen molar-refractivity contribution in [2.45, 2.75) is 33.2 Å². The maximum atomic E-state index is 13.9. The Bertz CT molecular complexity index is 469. The molecule has 1 amide bonds. The molecule has 0 bridgehead atoms. The molecule has 1 atom stereocenters. The summed E-state index contributed by atoms with van der Waals surface area (Å²) in [7, 11) is 1.45. The lowest BCUT2D eigenvalue weighted by molar-refractivity contribution is 0.0894. The number of nitrogens with two attached hydrogens (primary N) is 1. The summed E-state index contributed by atoms with van der Waals surface area (Å²) in [4.78, 5) is 12.2. The highest BCUT2D eigenvalue weighted by molar-refractivity contribution is 5.94. The third kappa shape index (κ3) is 4.20. The highest BCUT2D eigenvalue weighted by Gasteiger charge is 2.26. The van der Waals surface area contributed by atoms with Gasteiger partial charge in [-0.25, -0.2) is 4.39 Å². The highest BCUT2D eigenvalue weighted by Crippen LogP contribution is 2.23. The van der Waals surface area contributed by atoms with E-state index in [1.165, 1.54) is 19.2 Å². The molecule has 0 aliphatic carbocycles. The zero-order valence-corrected chi connectivity index (χ0v) is 12.5. The number of methoxy groups -OCH3 is 1. The molecule has 112 valence electrons. The molecule has 0 aliphatic rings. The molecule has 1 aromatic carbocycles. The van der Waals surface area contributed by atoms with Gasteiger partial charge >= 0.3 is 0 Å². The van der Waals surface area contributed by atoms with E-state index < -0.39 is 11.7 Å². The van der Waals surface area contributed by atoms with Gasteiger partial charge in [0.15, 0.2) is 0 Å². The zero-order chi connectivity index (χ0) is 15.3. The first-order valence-electron chi connectivity index (χ1n) is 6.64. The van der Waals surface area contributed by atoms with Crippen molar-refractivity contribution in [3.05, 3.63) is 29.6 Å². The Hall–Kier alpha value is -1.62. The SMILES string of the molecule is COc1ccc(C(=O)NC(CCN)C(C)(C)C)c(F)c1. The van der Waals surface area contributed by atoms with Crippen LogP contribution in [0, 0.1) is 11.2 Å². The fourth-order valence-corrected chi connectivity index (χ4v) is 1.93. The Kier molecular flexibility index (Phi) is 5.51. The Morgan fingerprint density at radius 3 is 2.55 bits per heavy atom. The maximum absolute atomic E-state index is 13.9. The average Bonchev–Trinajstić information content (AvgIpc) is 2.36. The van der Waals surface area contributed by atoms with Crippen LogP contribution < -0.4 is 15.8 Å². The Labute approximate surface area is 119 Å². The van der Waals surface area contributed by atoms with Gasteiger partial charge in [0, 0.05) is 12.1 Å². The number of halogens is 1. The molecule has 0 saturated carbocycles. The van der Waals surface area contributed by atoms with Gasteiger partial charge in [-0.1, -0.05) is 20.8 Å². The first-order chi connectivity index (χ1) is 9.29. The highest BCUT2D eigenvalue weighted by atomic mass is 19.1. The largest absolute Gasteiger partial charge is 0.497 e. The second-order valence-electron chi connectivity index (χ2n) is 5.82. The molecule has 0 fully saturated rings. The maximum Gasteiger partial charge on any atom is 0.254 e. The molecule has 4 nitrogen and oxygen atoms in total. The van der Waals surface area contributed by atoms with E-state index in [1.54, 1.807) is 6.07 Å². The van der Waals surface area contributed by atoms with Crippen LogP contribution in [0.1, 0.15) is 37.6 Å². The van der Waals surface area contributed by atoms with Gasteiger partial charge in [-0.3, -0.25) is 4.79 Å². The van der Waals surface area contributed by atoms with Crippen LogP contribution in [0.25, 0.3) is 0 Å². The summed E-state index contributed by atoms with van der Waals surface area (Å²) in [6.45, 7) is 6.50. The quantitative estimate of drug-likeness (QED) is 0.871. The second kappa shape index (κ2) is 6.70. The van der Waals surface area contributed by atoms with Gasteiger partial charge < -0.3 is 15.8 Å². The van der Waals surface area contributed by atoms with Crippen LogP contribution in [0.3, 0.4) is 0 Å². The van der Waals surface area contributed by atoms with Crippen molar-refractivity contribution in [2.75, 3.05) is 13.7 Å². The van der Waals surface area contributed by atoms with Crippen molar-refractivity contribution in [3.63, 3.8) is 0 Å². The third-order valence-corrected chi connectivity index (χ3v) is 3.23. The van der Waals surface area contributed by atoms with Gasteiger partial charge in [-0.15, -0.1) is 0 Å². The summed E-state index contributed by atoms with van der Waals surface area (Å²) in [6, 6.07) is 4.07. The number of amides is 1. The van der Waals surface area contributed by atoms with E-state index in [4.69, 9.17) is 10.5 Å². The van der Waals surface area contributed by atoms with E-state index in [0.29, 0.717) is 18.7 Å². The standard InChI is InChI=1S/C15H23FN2O2/c1-15(2,3)13(7-8-17)18-14(19)11-6-5-10(20-4)9-12(11)16/h5-6,9,13H,7-8,17H2,1-4H3,(H,18,19). The van der Waals surface area contributed by atoms with E-state index in [1.807, 2.05) is 20.8 Å². The Morgan fingerprint density at radius 2 is 2.10 bits per heavy atom. The van der Waals surface area contributed by atoms with Gasteiger partial charge in [0.05, 0.1) is 12.7 Å². The molecule has 0 aromatic heterocycles. The summed E-state index contributed by atoms with van der Waals surface area (Å²) in [5, 5.41) is 2.85. The van der Waals surface area contributed by atoms with Gasteiger partial charge in [0.2, 0.25) is 0 Å². The molecule has 0 aliphatic heterocycles. The first-order valence-corrected chi connectivity index (χ1v) is 6.64. The Balaban J connectivity index is 2.89. The first kappa shape index (κ1) is 16.4. The van der Waals surface area contributed by atoms with Crippen molar-refractivity contribution in [1.29, 1.82) is 0 Å². The summed E-state index contributed by atoms with van der Waals surface area (Å²) in [5.41, 5.74) is 5.44. The van der Waals surface area contributed by atoms with Crippen LogP contribution >= 0.6 is 0 Å². The molecule has 3 N–H and O–H groups in total. The fourth-order valence-electron chi connectivity index (χ4n) is 1.93. The lowest BCUT2D eigenvalue weighted by Crippen LogP contribution is -2.45. The van der Waals surface area contributed by atoms with Crippen molar-refractivity contribution < 1.29 is 13.9 Å². The molecular formula is C15H23FN2O2. The minimum Gasteiger partial charge on any atom is -0.497 e. The van der Waals surface area contributed by atoms with Crippen molar-refractivity contribution in [2.24, 2.45) is 11.1 Å². The summed E-state index contributed by atoms with van der Waals surface area (Å²) < 4.78 is 18.8. The van der Waals surface area contributed by atoms with Crippen molar-refractivity contribution in [1.82, 2.24) is 5.32 Å². The molecule has 0 saturated heterocycles. The number of rotatable bonds is 5. The number of ether oxygens (including phenoxy) is 1. The van der Waals surface area contributed by atoms with Crippen LogP contribution in [-0.2, 0) is 0 Å². The topological polar surface area (TPSA) is 64.3 Å². The minimum absolute atomic E-state index is 0.0112. The fraction of sp³-hybridized carbons (Fsp3) is 0.533.